The first-order valence-corrected chi connectivity index (χ1v) is 11.7. The SMILES string of the molecule is B[SH](=O)(c1ccc(NC(=O)c2ccc3c(c2)OCO3)cc1)N(CCC)CCC. The van der Waals surface area contributed by atoms with E-state index < -0.39 is 9.97 Å². The Morgan fingerprint density at radius 1 is 1.07 bits per heavy atom. The van der Waals surface area contributed by atoms with Gasteiger partial charge in [-0.25, -0.2) is 0 Å². The van der Waals surface area contributed by atoms with Crippen molar-refractivity contribution in [2.45, 2.75) is 31.6 Å². The summed E-state index contributed by atoms with van der Waals surface area (Å²) in [6.45, 7) is 5.98. The molecule has 6 nitrogen and oxygen atoms in total. The summed E-state index contributed by atoms with van der Waals surface area (Å²) in [5, 5.41) is 2.87. The zero-order chi connectivity index (χ0) is 20.1. The molecule has 0 bridgehead atoms. The maximum Gasteiger partial charge on any atom is 0.255 e. The van der Waals surface area contributed by atoms with Crippen LogP contribution in [-0.4, -0.2) is 41.4 Å². The van der Waals surface area contributed by atoms with Gasteiger partial charge in [0.25, 0.3) is 5.91 Å². The Kier molecular flexibility index (Phi) is 6.41. The Bertz CT molecular complexity index is 882. The van der Waals surface area contributed by atoms with Gasteiger partial charge in [0, 0.05) is 29.2 Å². The van der Waals surface area contributed by atoms with Crippen molar-refractivity contribution in [2.75, 3.05) is 25.2 Å². The van der Waals surface area contributed by atoms with E-state index in [9.17, 15) is 9.00 Å². The normalized spacial score (nSPS) is 13.5. The number of rotatable bonds is 8. The zero-order valence-corrected chi connectivity index (χ0v) is 17.5. The van der Waals surface area contributed by atoms with Crippen LogP contribution in [0.2, 0.25) is 0 Å². The third-order valence-electron chi connectivity index (χ3n) is 4.74. The molecule has 8 heteroatoms. The lowest BCUT2D eigenvalue weighted by Crippen LogP contribution is -2.38. The van der Waals surface area contributed by atoms with Gasteiger partial charge in [0.05, 0.1) is 0 Å². The summed E-state index contributed by atoms with van der Waals surface area (Å²) in [5.41, 5.74) is 1.15. The standard InChI is InChI=1S/C20H27BN2O4S/c1-3-11-23(12-4-2)28(21,25)17-8-6-16(7-9-17)22-20(24)15-5-10-18-19(13-15)27-14-26-18/h5-10,13,28H,3-4,11-12,14,21H2,1-2H3,(H,22,24). The molecule has 28 heavy (non-hydrogen) atoms. The van der Waals surface area contributed by atoms with Gasteiger partial charge in [-0.2, -0.15) is 0 Å². The van der Waals surface area contributed by atoms with Crippen molar-refractivity contribution < 1.29 is 18.5 Å². The number of thiol groups is 1. The van der Waals surface area contributed by atoms with Crippen LogP contribution in [0.5, 0.6) is 11.5 Å². The summed E-state index contributed by atoms with van der Waals surface area (Å²) in [5.74, 6) is 0.981. The van der Waals surface area contributed by atoms with Crippen molar-refractivity contribution in [1.29, 1.82) is 0 Å². The maximum absolute atomic E-state index is 13.4. The van der Waals surface area contributed by atoms with Crippen molar-refractivity contribution in [1.82, 2.24) is 4.31 Å². The Morgan fingerprint density at radius 3 is 2.36 bits per heavy atom. The summed E-state index contributed by atoms with van der Waals surface area (Å²) < 4.78 is 26.0. The van der Waals surface area contributed by atoms with Crippen LogP contribution in [0.3, 0.4) is 0 Å². The fraction of sp³-hybridized carbons (Fsp3) is 0.350. The minimum atomic E-state index is -2.62. The summed E-state index contributed by atoms with van der Waals surface area (Å²) in [4.78, 5) is 13.3. The lowest BCUT2D eigenvalue weighted by atomic mass is 10.2. The first kappa shape index (κ1) is 20.4. The number of ether oxygens (including phenoxy) is 2. The van der Waals surface area contributed by atoms with Gasteiger partial charge >= 0.3 is 0 Å². The Labute approximate surface area is 168 Å². The second-order valence-corrected chi connectivity index (χ2v) is 9.74. The van der Waals surface area contributed by atoms with Crippen LogP contribution in [0.25, 0.3) is 0 Å². The van der Waals surface area contributed by atoms with Crippen LogP contribution in [0, 0.1) is 0 Å². The molecule has 0 radical (unpaired) electrons. The average Bonchev–Trinajstić information content (AvgIpc) is 3.16. The molecular formula is C20H27BN2O4S. The maximum atomic E-state index is 13.4. The molecule has 1 heterocycles. The highest BCUT2D eigenvalue weighted by molar-refractivity contribution is 8.20. The molecule has 2 aromatic rings. The van der Waals surface area contributed by atoms with Gasteiger partial charge in [-0.1, -0.05) is 23.8 Å². The summed E-state index contributed by atoms with van der Waals surface area (Å²) >= 11 is 0. The molecule has 0 unspecified atom stereocenters. The minimum Gasteiger partial charge on any atom is -0.454 e. The van der Waals surface area contributed by atoms with Crippen LogP contribution in [0.1, 0.15) is 37.0 Å². The highest BCUT2D eigenvalue weighted by Crippen LogP contribution is 2.32. The van der Waals surface area contributed by atoms with Gasteiger partial charge in [-0.15, -0.1) is 0 Å². The molecule has 3 rings (SSSR count). The van der Waals surface area contributed by atoms with E-state index in [4.69, 9.17) is 9.47 Å². The van der Waals surface area contributed by atoms with E-state index in [2.05, 4.69) is 23.5 Å². The molecule has 0 aliphatic carbocycles. The monoisotopic (exact) mass is 402 g/mol. The van der Waals surface area contributed by atoms with Crippen LogP contribution in [0.4, 0.5) is 5.69 Å². The van der Waals surface area contributed by atoms with E-state index in [1.54, 1.807) is 30.3 Å². The number of amides is 1. The van der Waals surface area contributed by atoms with Crippen LogP contribution >= 0.6 is 0 Å². The lowest BCUT2D eigenvalue weighted by Gasteiger charge is -2.34. The van der Waals surface area contributed by atoms with Crippen molar-refractivity contribution in [3.05, 3.63) is 48.0 Å². The van der Waals surface area contributed by atoms with Gasteiger partial charge in [0.15, 0.2) is 11.5 Å². The van der Waals surface area contributed by atoms with E-state index >= 15 is 0 Å². The Balaban J connectivity index is 1.71. The third-order valence-corrected chi connectivity index (χ3v) is 7.48. The van der Waals surface area contributed by atoms with Crippen LogP contribution in [0.15, 0.2) is 47.4 Å². The smallest absolute Gasteiger partial charge is 0.255 e. The van der Waals surface area contributed by atoms with Gasteiger partial charge < -0.3 is 14.8 Å². The molecule has 0 spiro atoms. The molecule has 0 saturated carbocycles. The molecule has 0 fully saturated rings. The summed E-state index contributed by atoms with van der Waals surface area (Å²) in [6, 6.07) is 12.4. The fourth-order valence-corrected chi connectivity index (χ4v) is 5.43. The molecule has 0 saturated heterocycles. The molecule has 0 aromatic heterocycles. The molecular weight excluding hydrogens is 375 g/mol. The number of anilines is 1. The molecule has 1 amide bonds. The van der Waals surface area contributed by atoms with E-state index in [1.165, 1.54) is 0 Å². The van der Waals surface area contributed by atoms with E-state index in [0.717, 1.165) is 30.8 Å². The summed E-state index contributed by atoms with van der Waals surface area (Å²) in [7, 11) is -0.801. The van der Waals surface area contributed by atoms with Crippen LogP contribution in [-0.2, 0) is 9.97 Å². The van der Waals surface area contributed by atoms with Gasteiger partial charge in [0.1, 0.15) is 0 Å². The largest absolute Gasteiger partial charge is 0.454 e. The van der Waals surface area contributed by atoms with Crippen LogP contribution < -0.4 is 14.8 Å². The van der Waals surface area contributed by atoms with Crippen molar-refractivity contribution in [2.24, 2.45) is 0 Å². The molecule has 2 aromatic carbocycles. The number of carbonyl (C=O) groups is 1. The first-order valence-electron chi connectivity index (χ1n) is 9.60. The number of nitrogens with one attached hydrogen (secondary N) is 1. The Morgan fingerprint density at radius 2 is 1.71 bits per heavy atom. The predicted octanol–water partition coefficient (Wildman–Crippen LogP) is 2.63. The van der Waals surface area contributed by atoms with Crippen molar-refractivity contribution in [3.8, 4) is 11.5 Å². The topological polar surface area (TPSA) is 67.9 Å². The number of carbonyl (C=O) groups excluding carboxylic acids is 1. The van der Waals surface area contributed by atoms with Crippen molar-refractivity contribution >= 4 is 28.7 Å². The van der Waals surface area contributed by atoms with Gasteiger partial charge in [-0.05, 0) is 55.3 Å². The fourth-order valence-electron chi connectivity index (χ4n) is 3.24. The number of hydrogen-bond acceptors (Lipinski definition) is 4. The second kappa shape index (κ2) is 8.79. The number of benzene rings is 2. The van der Waals surface area contributed by atoms with E-state index in [-0.39, 0.29) is 12.7 Å². The second-order valence-electron chi connectivity index (χ2n) is 6.90. The highest BCUT2D eigenvalue weighted by Gasteiger charge is 2.20. The molecule has 150 valence electrons. The number of fused-ring (bicyclic) bond motifs is 1. The van der Waals surface area contributed by atoms with E-state index in [0.29, 0.717) is 22.7 Å². The van der Waals surface area contributed by atoms with Gasteiger partial charge in [-0.3, -0.25) is 13.3 Å². The predicted molar refractivity (Wildman–Crippen MR) is 115 cm³/mol. The lowest BCUT2D eigenvalue weighted by molar-refractivity contribution is 0.102. The minimum absolute atomic E-state index is 0.173. The molecule has 1 aliphatic heterocycles. The highest BCUT2D eigenvalue weighted by atomic mass is 32.2. The quantitative estimate of drug-likeness (QED) is 0.526. The van der Waals surface area contributed by atoms with E-state index in [1.807, 2.05) is 19.3 Å². The third kappa shape index (κ3) is 4.39. The first-order chi connectivity index (χ1) is 13.5. The Hall–Kier alpha value is -2.32. The number of hydrogen-bond donors (Lipinski definition) is 2. The average molecular weight is 402 g/mol. The molecule has 0 atom stereocenters. The summed E-state index contributed by atoms with van der Waals surface area (Å²) in [6.07, 6.45) is 1.92. The van der Waals surface area contributed by atoms with Gasteiger partial charge in [0.2, 0.25) is 13.9 Å². The zero-order valence-electron chi connectivity index (χ0n) is 16.6. The molecule has 1 N–H and O–H groups in total. The molecule has 1 aliphatic rings. The van der Waals surface area contributed by atoms with Crippen molar-refractivity contribution in [3.63, 3.8) is 0 Å². The number of nitrogens with zero attached hydrogens (tertiary/aromatic N) is 1.